The molecule has 0 rings (SSSR count). The van der Waals surface area contributed by atoms with Crippen LogP contribution in [0.3, 0.4) is 0 Å². The van der Waals surface area contributed by atoms with Gasteiger partial charge in [-0.3, -0.25) is 0 Å². The molecule has 0 N–H and O–H groups in total. The van der Waals surface area contributed by atoms with Crippen molar-refractivity contribution in [2.45, 2.75) is 119 Å². The first kappa shape index (κ1) is 39.4. The summed E-state index contributed by atoms with van der Waals surface area (Å²) < 4.78 is 2.06. The SMILES string of the molecule is CC(C)N(C(=S)S)C(C)C.CC(C)N(C(=S)S)C(C)C.CC(C)N(C(=S)S)C(C)C.[Co+3]. The van der Waals surface area contributed by atoms with Crippen LogP contribution in [0.25, 0.3) is 0 Å². The molecule has 10 heteroatoms. The van der Waals surface area contributed by atoms with Gasteiger partial charge in [-0.2, -0.15) is 0 Å². The van der Waals surface area contributed by atoms with Gasteiger partial charge in [0.1, 0.15) is 13.0 Å². The second kappa shape index (κ2) is 20.6. The van der Waals surface area contributed by atoms with Crippen LogP contribution < -0.4 is 0 Å². The summed E-state index contributed by atoms with van der Waals surface area (Å²) >= 11 is 27.3. The molecule has 0 aromatic heterocycles. The van der Waals surface area contributed by atoms with Gasteiger partial charge in [0.25, 0.3) is 0 Å². The van der Waals surface area contributed by atoms with Crippen LogP contribution in [-0.2, 0) is 16.8 Å². The normalized spacial score (nSPS) is 10.4. The number of hydrogen-bond acceptors (Lipinski definition) is 3. The molecule has 0 fully saturated rings. The van der Waals surface area contributed by atoms with Crippen molar-refractivity contribution in [3.8, 4) is 0 Å². The molecular weight excluding hydrogens is 546 g/mol. The van der Waals surface area contributed by atoms with Gasteiger partial charge in [0, 0.05) is 36.3 Å². The van der Waals surface area contributed by atoms with Crippen molar-refractivity contribution in [1.82, 2.24) is 14.7 Å². The maximum atomic E-state index is 4.96. The number of thiocarbonyl (C=S) groups is 3. The van der Waals surface area contributed by atoms with E-state index in [1.165, 1.54) is 0 Å². The van der Waals surface area contributed by atoms with Crippen LogP contribution in [0.1, 0.15) is 83.1 Å². The van der Waals surface area contributed by atoms with E-state index in [1.807, 2.05) is 0 Å². The average molecular weight is 591 g/mol. The van der Waals surface area contributed by atoms with Crippen LogP contribution >= 0.6 is 74.5 Å². The average Bonchev–Trinajstić information content (AvgIpc) is 2.43. The number of thiol groups is 3. The fourth-order valence-corrected chi connectivity index (χ4v) is 5.76. The first-order valence-electron chi connectivity index (χ1n) is 10.4. The quantitative estimate of drug-likeness (QED) is 0.226. The molecule has 3 nitrogen and oxygen atoms in total. The minimum atomic E-state index is 0. The van der Waals surface area contributed by atoms with E-state index in [4.69, 9.17) is 36.7 Å². The topological polar surface area (TPSA) is 9.72 Å². The molecule has 0 aliphatic carbocycles. The summed E-state index contributed by atoms with van der Waals surface area (Å²) in [5.41, 5.74) is 0. The number of nitrogens with zero attached hydrogens (tertiary/aromatic N) is 3. The van der Waals surface area contributed by atoms with E-state index in [2.05, 4.69) is 136 Å². The Hall–Kier alpha value is 1.23. The fourth-order valence-electron chi connectivity index (χ4n) is 3.11. The zero-order valence-corrected chi connectivity index (χ0v) is 27.4. The Balaban J connectivity index is -0.000000174. The first-order valence-corrected chi connectivity index (χ1v) is 13.0. The van der Waals surface area contributed by atoms with Crippen LogP contribution in [0, 0.1) is 0 Å². The van der Waals surface area contributed by atoms with E-state index >= 15 is 0 Å². The molecule has 0 aromatic rings. The van der Waals surface area contributed by atoms with E-state index < -0.39 is 0 Å². The van der Waals surface area contributed by atoms with E-state index in [9.17, 15) is 0 Å². The molecule has 0 atom stereocenters. The maximum Gasteiger partial charge on any atom is 3.00 e. The van der Waals surface area contributed by atoms with Gasteiger partial charge in [-0.25, -0.2) is 0 Å². The Kier molecular flexibility index (Phi) is 26.2. The van der Waals surface area contributed by atoms with Crippen LogP contribution in [-0.4, -0.2) is 63.9 Å². The van der Waals surface area contributed by atoms with Crippen LogP contribution in [0.2, 0.25) is 0 Å². The maximum absolute atomic E-state index is 4.96. The van der Waals surface area contributed by atoms with Crippen molar-refractivity contribution in [2.24, 2.45) is 0 Å². The second-order valence-electron chi connectivity index (χ2n) is 8.63. The van der Waals surface area contributed by atoms with E-state index in [-0.39, 0.29) is 16.8 Å². The van der Waals surface area contributed by atoms with Gasteiger partial charge < -0.3 is 14.7 Å². The van der Waals surface area contributed by atoms with Crippen molar-refractivity contribution in [2.75, 3.05) is 0 Å². The summed E-state index contributed by atoms with van der Waals surface area (Å²) in [5.74, 6) is 0. The predicted molar refractivity (Wildman–Crippen MR) is 161 cm³/mol. The molecule has 0 unspecified atom stereocenters. The summed E-state index contributed by atoms with van der Waals surface area (Å²) in [6.07, 6.45) is 0. The molecule has 0 aromatic carbocycles. The molecular formula is C21H45CoN3S6+3. The molecule has 0 radical (unpaired) electrons. The van der Waals surface area contributed by atoms with Gasteiger partial charge in [-0.1, -0.05) is 36.7 Å². The minimum Gasteiger partial charge on any atom is -0.353 e. The standard InChI is InChI=1S/3C7H15NS2.Co/c3*1-5(2)8(6(3)4)7(9)10;/h3*5-6H,1-4H3,(H,9,10);/q;;;+3. The van der Waals surface area contributed by atoms with Crippen LogP contribution in [0.5, 0.6) is 0 Å². The van der Waals surface area contributed by atoms with Crippen molar-refractivity contribution >= 4 is 87.5 Å². The fraction of sp³-hybridized carbons (Fsp3) is 0.857. The second-order valence-corrected chi connectivity index (χ2v) is 12.0. The zero-order chi connectivity index (χ0) is 24.9. The summed E-state index contributed by atoms with van der Waals surface area (Å²) in [6.45, 7) is 25.4. The smallest absolute Gasteiger partial charge is 0.353 e. The van der Waals surface area contributed by atoms with Gasteiger partial charge in [-0.05, 0) is 83.1 Å². The van der Waals surface area contributed by atoms with Gasteiger partial charge in [0.2, 0.25) is 0 Å². The Morgan fingerprint density at radius 2 is 0.516 bits per heavy atom. The van der Waals surface area contributed by atoms with Crippen LogP contribution in [0.15, 0.2) is 0 Å². The van der Waals surface area contributed by atoms with E-state index in [0.717, 1.165) is 0 Å². The summed E-state index contributed by atoms with van der Waals surface area (Å²) in [4.78, 5) is 6.29. The molecule has 31 heavy (non-hydrogen) atoms. The Morgan fingerprint density at radius 1 is 0.419 bits per heavy atom. The van der Waals surface area contributed by atoms with E-state index in [0.29, 0.717) is 49.2 Å². The third kappa shape index (κ3) is 19.2. The van der Waals surface area contributed by atoms with Crippen LogP contribution in [0.4, 0.5) is 0 Å². The van der Waals surface area contributed by atoms with E-state index in [1.54, 1.807) is 0 Å². The number of hydrogen-bond donors (Lipinski definition) is 3. The Labute approximate surface area is 236 Å². The predicted octanol–water partition coefficient (Wildman–Crippen LogP) is 6.96. The molecule has 0 amide bonds. The van der Waals surface area contributed by atoms with Gasteiger partial charge in [0.05, 0.1) is 0 Å². The van der Waals surface area contributed by atoms with Crippen molar-refractivity contribution in [3.63, 3.8) is 0 Å². The molecule has 0 heterocycles. The summed E-state index contributed by atoms with van der Waals surface area (Å²) in [5, 5.41) is 0. The third-order valence-electron chi connectivity index (χ3n) is 4.00. The molecule has 0 saturated carbocycles. The monoisotopic (exact) mass is 590 g/mol. The molecule has 186 valence electrons. The zero-order valence-electron chi connectivity index (χ0n) is 21.2. The van der Waals surface area contributed by atoms with Gasteiger partial charge in [0.15, 0.2) is 0 Å². The Morgan fingerprint density at radius 3 is 0.516 bits per heavy atom. The van der Waals surface area contributed by atoms with Gasteiger partial charge >= 0.3 is 16.8 Å². The molecule has 0 aliphatic heterocycles. The molecule has 0 spiro atoms. The number of rotatable bonds is 6. The molecule has 0 aliphatic rings. The Bertz CT molecular complexity index is 416. The van der Waals surface area contributed by atoms with Crippen molar-refractivity contribution in [1.29, 1.82) is 0 Å². The third-order valence-corrected chi connectivity index (χ3v) is 5.33. The first-order chi connectivity index (χ1) is 13.4. The molecule has 0 saturated heterocycles. The molecule has 0 bridgehead atoms. The van der Waals surface area contributed by atoms with Crippen molar-refractivity contribution < 1.29 is 16.8 Å². The largest absolute Gasteiger partial charge is 3.00 e. The minimum absolute atomic E-state index is 0. The van der Waals surface area contributed by atoms with Gasteiger partial charge in [-0.15, -0.1) is 37.9 Å². The summed E-state index contributed by atoms with van der Waals surface area (Å²) in [6, 6.07) is 2.69. The van der Waals surface area contributed by atoms with Crippen molar-refractivity contribution in [3.05, 3.63) is 0 Å². The summed E-state index contributed by atoms with van der Waals surface area (Å²) in [7, 11) is 0.